The number of benzene rings is 2. The standard InChI is InChI=1S/C21H22N2O3S2/c1-14-5-3-7-16(9-14)11-20(24)22-21-23(17-8-4-6-15(2)10-17)18-12-28(25,26)13-19(18)27-21/h3-10,18-19H,11-13H2,1-2H3/t18-,19-/m1/s1. The molecule has 2 aromatic carbocycles. The summed E-state index contributed by atoms with van der Waals surface area (Å²) in [5.74, 6) is 0.0213. The molecular weight excluding hydrogens is 392 g/mol. The Kier molecular flexibility index (Phi) is 5.05. The predicted octanol–water partition coefficient (Wildman–Crippen LogP) is 3.15. The topological polar surface area (TPSA) is 66.8 Å². The number of amides is 1. The van der Waals surface area contributed by atoms with E-state index >= 15 is 0 Å². The van der Waals surface area contributed by atoms with Crippen molar-refractivity contribution in [3.8, 4) is 0 Å². The van der Waals surface area contributed by atoms with E-state index in [1.165, 1.54) is 11.8 Å². The molecule has 0 bridgehead atoms. The lowest BCUT2D eigenvalue weighted by Crippen LogP contribution is -2.37. The van der Waals surface area contributed by atoms with E-state index in [1.807, 2.05) is 67.3 Å². The first-order valence-corrected chi connectivity index (χ1v) is 11.9. The Bertz CT molecular complexity index is 1060. The fourth-order valence-corrected chi connectivity index (χ4v) is 7.72. The van der Waals surface area contributed by atoms with Crippen LogP contribution in [0.4, 0.5) is 5.69 Å². The summed E-state index contributed by atoms with van der Waals surface area (Å²) < 4.78 is 24.3. The van der Waals surface area contributed by atoms with Crippen molar-refractivity contribution in [1.82, 2.24) is 0 Å². The highest BCUT2D eigenvalue weighted by atomic mass is 32.2. The van der Waals surface area contributed by atoms with Crippen LogP contribution in [0.1, 0.15) is 16.7 Å². The maximum atomic E-state index is 12.6. The van der Waals surface area contributed by atoms with E-state index in [-0.39, 0.29) is 35.1 Å². The van der Waals surface area contributed by atoms with Gasteiger partial charge in [-0.15, -0.1) is 0 Å². The highest BCUT2D eigenvalue weighted by molar-refractivity contribution is 8.16. The lowest BCUT2D eigenvalue weighted by molar-refractivity contribution is -0.117. The second-order valence-corrected chi connectivity index (χ2v) is 10.8. The summed E-state index contributed by atoms with van der Waals surface area (Å²) in [5, 5.41) is 0.518. The number of hydrogen-bond acceptors (Lipinski definition) is 4. The molecule has 2 fully saturated rings. The fourth-order valence-electron chi connectivity index (χ4n) is 3.79. The zero-order valence-corrected chi connectivity index (χ0v) is 17.5. The number of aliphatic imine (C=N–C) groups is 1. The number of sulfone groups is 1. The lowest BCUT2D eigenvalue weighted by Gasteiger charge is -2.24. The van der Waals surface area contributed by atoms with Gasteiger partial charge in [-0.25, -0.2) is 8.42 Å². The Labute approximate surface area is 169 Å². The molecule has 7 heteroatoms. The quantitative estimate of drug-likeness (QED) is 0.772. The van der Waals surface area contributed by atoms with Gasteiger partial charge in [-0.2, -0.15) is 4.99 Å². The highest BCUT2D eigenvalue weighted by Crippen LogP contribution is 2.41. The minimum absolute atomic E-state index is 0.0870. The molecule has 0 aliphatic carbocycles. The molecule has 2 atom stereocenters. The minimum atomic E-state index is -3.06. The van der Waals surface area contributed by atoms with Crippen molar-refractivity contribution in [3.05, 3.63) is 65.2 Å². The van der Waals surface area contributed by atoms with Gasteiger partial charge in [-0.3, -0.25) is 4.79 Å². The fraction of sp³-hybridized carbons (Fsp3) is 0.333. The summed E-state index contributed by atoms with van der Waals surface area (Å²) in [6.07, 6.45) is 0.237. The van der Waals surface area contributed by atoms with E-state index in [0.717, 1.165) is 22.4 Å². The first kappa shape index (κ1) is 19.2. The number of nitrogens with zero attached hydrogens (tertiary/aromatic N) is 2. The van der Waals surface area contributed by atoms with Crippen LogP contribution in [0.15, 0.2) is 53.5 Å². The summed E-state index contributed by atoms with van der Waals surface area (Å²) >= 11 is 1.41. The van der Waals surface area contributed by atoms with Crippen molar-refractivity contribution in [3.63, 3.8) is 0 Å². The number of carbonyl (C=O) groups excluding carboxylic acids is 1. The van der Waals surface area contributed by atoms with Crippen molar-refractivity contribution in [2.75, 3.05) is 16.4 Å². The zero-order chi connectivity index (χ0) is 19.9. The normalized spacial score (nSPS) is 24.5. The smallest absolute Gasteiger partial charge is 0.252 e. The molecule has 2 aliphatic rings. The molecular formula is C21H22N2O3S2. The first-order valence-electron chi connectivity index (χ1n) is 9.21. The molecule has 2 saturated heterocycles. The van der Waals surface area contributed by atoms with Crippen molar-refractivity contribution in [2.24, 2.45) is 4.99 Å². The van der Waals surface area contributed by atoms with Crippen LogP contribution in [0.5, 0.6) is 0 Å². The van der Waals surface area contributed by atoms with Crippen molar-refractivity contribution in [2.45, 2.75) is 31.6 Å². The largest absolute Gasteiger partial charge is 0.316 e. The van der Waals surface area contributed by atoms with E-state index in [1.54, 1.807) is 0 Å². The maximum Gasteiger partial charge on any atom is 0.252 e. The molecule has 0 spiro atoms. The van der Waals surface area contributed by atoms with Crippen molar-refractivity contribution < 1.29 is 13.2 Å². The van der Waals surface area contributed by atoms with Crippen LogP contribution in [-0.4, -0.2) is 42.3 Å². The van der Waals surface area contributed by atoms with Crippen molar-refractivity contribution in [1.29, 1.82) is 0 Å². The number of aryl methyl sites for hydroxylation is 2. The predicted molar refractivity (Wildman–Crippen MR) is 115 cm³/mol. The number of anilines is 1. The van der Waals surface area contributed by atoms with Crippen LogP contribution in [-0.2, 0) is 21.1 Å². The van der Waals surface area contributed by atoms with Gasteiger partial charge in [0.25, 0.3) is 5.91 Å². The molecule has 0 N–H and O–H groups in total. The SMILES string of the molecule is Cc1cccc(CC(=O)N=C2S[C@@H]3CS(=O)(=O)C[C@H]3N2c2cccc(C)c2)c1. The van der Waals surface area contributed by atoms with Gasteiger partial charge in [0.15, 0.2) is 15.0 Å². The number of thioether (sulfide) groups is 1. The minimum Gasteiger partial charge on any atom is -0.316 e. The molecule has 5 nitrogen and oxygen atoms in total. The molecule has 0 unspecified atom stereocenters. The van der Waals surface area contributed by atoms with Crippen LogP contribution in [0.2, 0.25) is 0 Å². The number of hydrogen-bond donors (Lipinski definition) is 0. The number of amidine groups is 1. The molecule has 0 radical (unpaired) electrons. The number of fused-ring (bicyclic) bond motifs is 1. The molecule has 2 heterocycles. The summed E-state index contributed by atoms with van der Waals surface area (Å²) in [4.78, 5) is 19.0. The molecule has 28 heavy (non-hydrogen) atoms. The number of rotatable bonds is 3. The Hall–Kier alpha value is -2.12. The molecule has 0 saturated carbocycles. The third kappa shape index (κ3) is 4.00. The molecule has 2 aromatic rings. The second kappa shape index (κ2) is 7.37. The summed E-state index contributed by atoms with van der Waals surface area (Å²) in [6.45, 7) is 3.99. The molecule has 1 amide bonds. The first-order chi connectivity index (χ1) is 13.3. The zero-order valence-electron chi connectivity index (χ0n) is 15.8. The lowest BCUT2D eigenvalue weighted by atomic mass is 10.1. The van der Waals surface area contributed by atoms with Gasteiger partial charge in [-0.1, -0.05) is 53.7 Å². The Morgan fingerprint density at radius 2 is 1.82 bits per heavy atom. The van der Waals surface area contributed by atoms with E-state index in [9.17, 15) is 13.2 Å². The average molecular weight is 415 g/mol. The summed E-state index contributed by atoms with van der Waals surface area (Å²) in [7, 11) is -3.06. The Morgan fingerprint density at radius 1 is 1.11 bits per heavy atom. The van der Waals surface area contributed by atoms with Crippen molar-refractivity contribution >= 4 is 38.4 Å². The summed E-state index contributed by atoms with van der Waals surface area (Å²) in [5.41, 5.74) is 4.01. The average Bonchev–Trinajstić information content (AvgIpc) is 3.05. The monoisotopic (exact) mass is 414 g/mol. The van der Waals surface area contributed by atoms with Gasteiger partial charge in [0.1, 0.15) is 0 Å². The van der Waals surface area contributed by atoms with E-state index in [4.69, 9.17) is 0 Å². The van der Waals surface area contributed by atoms with Gasteiger partial charge < -0.3 is 4.90 Å². The van der Waals surface area contributed by atoms with Crippen LogP contribution in [0, 0.1) is 13.8 Å². The van der Waals surface area contributed by atoms with E-state index < -0.39 is 9.84 Å². The maximum absolute atomic E-state index is 12.6. The van der Waals surface area contributed by atoms with Gasteiger partial charge in [0, 0.05) is 10.9 Å². The third-order valence-corrected chi connectivity index (χ3v) is 8.21. The summed E-state index contributed by atoms with van der Waals surface area (Å²) in [6, 6.07) is 15.6. The van der Waals surface area contributed by atoms with Gasteiger partial charge in [-0.05, 0) is 37.1 Å². The second-order valence-electron chi connectivity index (χ2n) is 7.46. The molecule has 4 rings (SSSR count). The van der Waals surface area contributed by atoms with Crippen LogP contribution in [0.25, 0.3) is 0 Å². The Balaban J connectivity index is 1.65. The van der Waals surface area contributed by atoms with Gasteiger partial charge >= 0.3 is 0 Å². The Morgan fingerprint density at radius 3 is 2.54 bits per heavy atom. The van der Waals surface area contributed by atoms with Gasteiger partial charge in [0.05, 0.1) is 24.0 Å². The van der Waals surface area contributed by atoms with E-state index in [2.05, 4.69) is 4.99 Å². The van der Waals surface area contributed by atoms with Crippen LogP contribution in [0.3, 0.4) is 0 Å². The molecule has 146 valence electrons. The van der Waals surface area contributed by atoms with Crippen LogP contribution >= 0.6 is 11.8 Å². The highest BCUT2D eigenvalue weighted by Gasteiger charge is 2.49. The molecule has 2 aliphatic heterocycles. The third-order valence-electron chi connectivity index (χ3n) is 5.00. The van der Waals surface area contributed by atoms with E-state index in [0.29, 0.717) is 5.17 Å². The molecule has 0 aromatic heterocycles. The number of carbonyl (C=O) groups is 1. The van der Waals surface area contributed by atoms with Crippen LogP contribution < -0.4 is 4.90 Å². The van der Waals surface area contributed by atoms with Gasteiger partial charge in [0.2, 0.25) is 0 Å².